The quantitative estimate of drug-likeness (QED) is 0.774. The second kappa shape index (κ2) is 8.77. The summed E-state index contributed by atoms with van der Waals surface area (Å²) in [5, 5.41) is 3.42. The largest absolute Gasteiger partial charge is 0.493 e. The van der Waals surface area contributed by atoms with Gasteiger partial charge < -0.3 is 24.4 Å². The van der Waals surface area contributed by atoms with Crippen molar-refractivity contribution in [2.24, 2.45) is 0 Å². The highest BCUT2D eigenvalue weighted by atomic mass is 16.5. The van der Waals surface area contributed by atoms with Crippen molar-refractivity contribution in [1.29, 1.82) is 0 Å². The van der Waals surface area contributed by atoms with Gasteiger partial charge >= 0.3 is 0 Å². The van der Waals surface area contributed by atoms with Gasteiger partial charge in [0.25, 0.3) is 0 Å². The van der Waals surface area contributed by atoms with E-state index >= 15 is 0 Å². The summed E-state index contributed by atoms with van der Waals surface area (Å²) in [6, 6.07) is 12.0. The number of rotatable bonds is 8. The van der Waals surface area contributed by atoms with E-state index in [0.717, 1.165) is 36.3 Å². The minimum atomic E-state index is 0.211. The van der Waals surface area contributed by atoms with Crippen molar-refractivity contribution in [1.82, 2.24) is 5.32 Å². The molecule has 1 heterocycles. The SMILES string of the molecule is COc1cc(CNCc2ccc(N3CCCC3=O)cc2)cc(OC)c1OC. The average molecular weight is 370 g/mol. The molecule has 0 spiro atoms. The van der Waals surface area contributed by atoms with E-state index in [1.54, 1.807) is 21.3 Å². The Morgan fingerprint density at radius 2 is 1.56 bits per heavy atom. The predicted molar refractivity (Wildman–Crippen MR) is 105 cm³/mol. The molecule has 6 nitrogen and oxygen atoms in total. The lowest BCUT2D eigenvalue weighted by atomic mass is 10.1. The first-order chi connectivity index (χ1) is 13.2. The summed E-state index contributed by atoms with van der Waals surface area (Å²) in [7, 11) is 4.82. The molecule has 0 atom stereocenters. The Hall–Kier alpha value is -2.73. The van der Waals surface area contributed by atoms with Crippen molar-refractivity contribution < 1.29 is 19.0 Å². The first-order valence-corrected chi connectivity index (χ1v) is 9.05. The van der Waals surface area contributed by atoms with Crippen LogP contribution < -0.4 is 24.4 Å². The molecule has 0 aromatic heterocycles. The van der Waals surface area contributed by atoms with Crippen LogP contribution in [0.5, 0.6) is 17.2 Å². The number of hydrogen-bond donors (Lipinski definition) is 1. The van der Waals surface area contributed by atoms with Crippen LogP contribution in [0, 0.1) is 0 Å². The van der Waals surface area contributed by atoms with Gasteiger partial charge in [-0.25, -0.2) is 0 Å². The third-order valence-electron chi connectivity index (χ3n) is 4.70. The zero-order valence-electron chi connectivity index (χ0n) is 16.1. The Kier molecular flexibility index (Phi) is 6.19. The summed E-state index contributed by atoms with van der Waals surface area (Å²) in [6.07, 6.45) is 1.59. The van der Waals surface area contributed by atoms with E-state index in [9.17, 15) is 4.79 Å². The van der Waals surface area contributed by atoms with E-state index in [1.165, 1.54) is 0 Å². The smallest absolute Gasteiger partial charge is 0.227 e. The normalized spacial score (nSPS) is 13.7. The molecule has 2 aromatic rings. The van der Waals surface area contributed by atoms with Gasteiger partial charge in [0.2, 0.25) is 11.7 Å². The number of benzene rings is 2. The van der Waals surface area contributed by atoms with Crippen molar-refractivity contribution in [2.75, 3.05) is 32.8 Å². The first kappa shape index (κ1) is 19.0. The topological polar surface area (TPSA) is 60.0 Å². The van der Waals surface area contributed by atoms with E-state index in [1.807, 2.05) is 29.2 Å². The minimum Gasteiger partial charge on any atom is -0.493 e. The van der Waals surface area contributed by atoms with Crippen molar-refractivity contribution in [2.45, 2.75) is 25.9 Å². The minimum absolute atomic E-state index is 0.211. The molecule has 27 heavy (non-hydrogen) atoms. The summed E-state index contributed by atoms with van der Waals surface area (Å²) >= 11 is 0. The maximum atomic E-state index is 11.8. The molecule has 0 unspecified atom stereocenters. The molecule has 0 aliphatic carbocycles. The Labute approximate surface area is 160 Å². The number of nitrogens with one attached hydrogen (secondary N) is 1. The maximum Gasteiger partial charge on any atom is 0.227 e. The maximum absolute atomic E-state index is 11.8. The van der Waals surface area contributed by atoms with Crippen molar-refractivity contribution in [3.05, 3.63) is 47.5 Å². The van der Waals surface area contributed by atoms with Crippen molar-refractivity contribution in [3.63, 3.8) is 0 Å². The zero-order valence-corrected chi connectivity index (χ0v) is 16.1. The van der Waals surface area contributed by atoms with Gasteiger partial charge in [-0.2, -0.15) is 0 Å². The lowest BCUT2D eigenvalue weighted by Crippen LogP contribution is -2.23. The number of hydrogen-bond acceptors (Lipinski definition) is 5. The fraction of sp³-hybridized carbons (Fsp3) is 0.381. The molecule has 1 aliphatic heterocycles. The highest BCUT2D eigenvalue weighted by Crippen LogP contribution is 2.38. The third kappa shape index (κ3) is 4.34. The number of carbonyl (C=O) groups is 1. The Morgan fingerprint density at radius 3 is 2.07 bits per heavy atom. The van der Waals surface area contributed by atoms with Gasteiger partial charge in [-0.15, -0.1) is 0 Å². The molecular weight excluding hydrogens is 344 g/mol. The molecule has 1 aliphatic rings. The summed E-state index contributed by atoms with van der Waals surface area (Å²) in [5.41, 5.74) is 3.19. The number of anilines is 1. The summed E-state index contributed by atoms with van der Waals surface area (Å²) in [4.78, 5) is 13.7. The van der Waals surface area contributed by atoms with Crippen LogP contribution in [-0.4, -0.2) is 33.8 Å². The highest BCUT2D eigenvalue weighted by molar-refractivity contribution is 5.95. The van der Waals surface area contributed by atoms with Crippen LogP contribution in [0.1, 0.15) is 24.0 Å². The second-order valence-electron chi connectivity index (χ2n) is 6.45. The molecular formula is C21H26N2O4. The van der Waals surface area contributed by atoms with Gasteiger partial charge in [0.1, 0.15) is 0 Å². The van der Waals surface area contributed by atoms with E-state index in [-0.39, 0.29) is 5.91 Å². The van der Waals surface area contributed by atoms with Crippen molar-refractivity contribution in [3.8, 4) is 17.2 Å². The van der Waals surface area contributed by atoms with Crippen LogP contribution in [0.2, 0.25) is 0 Å². The predicted octanol–water partition coefficient (Wildman–Crippen LogP) is 3.13. The van der Waals surface area contributed by atoms with Gasteiger partial charge in [0, 0.05) is 31.7 Å². The van der Waals surface area contributed by atoms with E-state index in [0.29, 0.717) is 30.2 Å². The number of ether oxygens (including phenoxy) is 3. The molecule has 0 bridgehead atoms. The highest BCUT2D eigenvalue weighted by Gasteiger charge is 2.21. The zero-order chi connectivity index (χ0) is 19.2. The molecule has 6 heteroatoms. The molecule has 0 saturated carbocycles. The number of methoxy groups -OCH3 is 3. The number of carbonyl (C=O) groups excluding carboxylic acids is 1. The number of amides is 1. The second-order valence-corrected chi connectivity index (χ2v) is 6.45. The van der Waals surface area contributed by atoms with Crippen LogP contribution in [0.25, 0.3) is 0 Å². The summed E-state index contributed by atoms with van der Waals surface area (Å²) < 4.78 is 16.1. The molecule has 0 radical (unpaired) electrons. The van der Waals surface area contributed by atoms with Gasteiger partial charge in [-0.1, -0.05) is 12.1 Å². The lowest BCUT2D eigenvalue weighted by Gasteiger charge is -2.16. The molecule has 1 N–H and O–H groups in total. The molecule has 3 rings (SSSR count). The van der Waals surface area contributed by atoms with Gasteiger partial charge in [0.05, 0.1) is 21.3 Å². The molecule has 2 aromatic carbocycles. The summed E-state index contributed by atoms with van der Waals surface area (Å²) in [6.45, 7) is 2.21. The first-order valence-electron chi connectivity index (χ1n) is 9.05. The standard InChI is InChI=1S/C21H26N2O4/c1-25-18-11-16(12-19(26-2)21(18)27-3)14-22-13-15-6-8-17(9-7-15)23-10-4-5-20(23)24/h6-9,11-12,22H,4-5,10,13-14H2,1-3H3. The third-order valence-corrected chi connectivity index (χ3v) is 4.70. The summed E-state index contributed by atoms with van der Waals surface area (Å²) in [5.74, 6) is 2.10. The van der Waals surface area contributed by atoms with Gasteiger partial charge in [-0.3, -0.25) is 4.79 Å². The Bertz CT molecular complexity index is 764. The van der Waals surface area contributed by atoms with E-state index in [4.69, 9.17) is 14.2 Å². The fourth-order valence-electron chi connectivity index (χ4n) is 3.30. The van der Waals surface area contributed by atoms with Gasteiger partial charge in [-0.05, 0) is 41.8 Å². The van der Waals surface area contributed by atoms with Crippen LogP contribution in [0.3, 0.4) is 0 Å². The van der Waals surface area contributed by atoms with Crippen LogP contribution >= 0.6 is 0 Å². The Balaban J connectivity index is 1.60. The van der Waals surface area contributed by atoms with Gasteiger partial charge in [0.15, 0.2) is 11.5 Å². The van der Waals surface area contributed by atoms with E-state index in [2.05, 4.69) is 17.4 Å². The monoisotopic (exact) mass is 370 g/mol. The molecule has 144 valence electrons. The Morgan fingerprint density at radius 1 is 0.926 bits per heavy atom. The molecule has 1 amide bonds. The molecule has 1 fully saturated rings. The average Bonchev–Trinajstić information content (AvgIpc) is 3.13. The van der Waals surface area contributed by atoms with E-state index < -0.39 is 0 Å². The molecule has 1 saturated heterocycles. The van der Waals surface area contributed by atoms with Crippen molar-refractivity contribution >= 4 is 11.6 Å². The van der Waals surface area contributed by atoms with Crippen LogP contribution in [-0.2, 0) is 17.9 Å². The fourth-order valence-corrected chi connectivity index (χ4v) is 3.30. The number of nitrogens with zero attached hydrogens (tertiary/aromatic N) is 1. The lowest BCUT2D eigenvalue weighted by molar-refractivity contribution is -0.117. The van der Waals surface area contributed by atoms with Crippen LogP contribution in [0.15, 0.2) is 36.4 Å². The van der Waals surface area contributed by atoms with Crippen LogP contribution in [0.4, 0.5) is 5.69 Å².